The lowest BCUT2D eigenvalue weighted by molar-refractivity contribution is -0.385. The van der Waals surface area contributed by atoms with E-state index in [2.05, 4.69) is 21.2 Å². The molecule has 0 fully saturated rings. The third-order valence-electron chi connectivity index (χ3n) is 5.80. The average Bonchev–Trinajstić information content (AvgIpc) is 3.15. The average molecular weight is 562 g/mol. The zero-order chi connectivity index (χ0) is 25.3. The molecular formula is C24H18BrClN2O7. The highest BCUT2D eigenvalue weighted by molar-refractivity contribution is 9.10. The minimum absolute atomic E-state index is 0.0208. The number of carbonyl (C=O) groups is 2. The van der Waals surface area contributed by atoms with Crippen molar-refractivity contribution in [1.82, 2.24) is 5.32 Å². The van der Waals surface area contributed by atoms with Crippen LogP contribution in [0.15, 0.2) is 59.1 Å². The number of nitro benzene ring substituents is 1. The molecule has 9 nitrogen and oxygen atoms in total. The number of halogens is 2. The molecule has 11 heteroatoms. The van der Waals surface area contributed by atoms with E-state index in [-0.39, 0.29) is 27.6 Å². The van der Waals surface area contributed by atoms with Crippen molar-refractivity contribution in [2.24, 2.45) is 0 Å². The Kier molecular flexibility index (Phi) is 6.95. The van der Waals surface area contributed by atoms with E-state index in [1.54, 1.807) is 0 Å². The highest BCUT2D eigenvalue weighted by atomic mass is 79.9. The summed E-state index contributed by atoms with van der Waals surface area (Å²) in [6.45, 7) is -0.0208. The number of carboxylic acids is 1. The summed E-state index contributed by atoms with van der Waals surface area (Å²) < 4.78 is 5.24. The molecule has 1 aliphatic rings. The van der Waals surface area contributed by atoms with E-state index in [0.717, 1.165) is 28.3 Å². The maximum Gasteiger partial charge on any atom is 0.407 e. The molecule has 0 aromatic heterocycles. The lowest BCUT2D eigenvalue weighted by atomic mass is 9.98. The molecule has 35 heavy (non-hydrogen) atoms. The number of nitro groups is 1. The van der Waals surface area contributed by atoms with Crippen LogP contribution in [0.1, 0.15) is 22.6 Å². The molecule has 0 radical (unpaired) electrons. The lowest BCUT2D eigenvalue weighted by Crippen LogP contribution is -2.43. The SMILES string of the molecule is O=C(NC(Cc1cc([N+](=O)[O-])c(Br)c(Cl)c1O)C(=O)O)OCC1c2ccccc2-c2ccccc21. The summed E-state index contributed by atoms with van der Waals surface area (Å²) in [6.07, 6.45) is -1.43. The largest absolute Gasteiger partial charge is 0.506 e. The Morgan fingerprint density at radius 1 is 1.14 bits per heavy atom. The monoisotopic (exact) mass is 560 g/mol. The molecule has 1 amide bonds. The number of benzene rings is 3. The van der Waals surface area contributed by atoms with Crippen molar-refractivity contribution in [2.45, 2.75) is 18.4 Å². The van der Waals surface area contributed by atoms with Crippen molar-refractivity contribution < 1.29 is 29.5 Å². The Morgan fingerprint density at radius 3 is 2.26 bits per heavy atom. The molecule has 4 rings (SSSR count). The molecule has 3 aromatic rings. The molecule has 3 N–H and O–H groups in total. The number of hydrogen-bond acceptors (Lipinski definition) is 6. The first-order valence-corrected chi connectivity index (χ1v) is 11.5. The molecule has 1 unspecified atom stereocenters. The topological polar surface area (TPSA) is 139 Å². The zero-order valence-electron chi connectivity index (χ0n) is 17.9. The lowest BCUT2D eigenvalue weighted by Gasteiger charge is -2.18. The number of nitrogens with one attached hydrogen (secondary N) is 1. The van der Waals surface area contributed by atoms with Crippen LogP contribution in [0.3, 0.4) is 0 Å². The number of hydrogen-bond donors (Lipinski definition) is 3. The number of aromatic hydroxyl groups is 1. The highest BCUT2D eigenvalue weighted by Gasteiger charge is 2.31. The van der Waals surface area contributed by atoms with Gasteiger partial charge < -0.3 is 20.3 Å². The zero-order valence-corrected chi connectivity index (χ0v) is 20.2. The van der Waals surface area contributed by atoms with Gasteiger partial charge in [0.1, 0.15) is 27.9 Å². The second-order valence-electron chi connectivity index (χ2n) is 7.85. The van der Waals surface area contributed by atoms with Crippen molar-refractivity contribution in [3.05, 3.63) is 90.9 Å². The fourth-order valence-corrected chi connectivity index (χ4v) is 4.81. The Labute approximate surface area is 212 Å². The van der Waals surface area contributed by atoms with E-state index >= 15 is 0 Å². The fourth-order valence-electron chi connectivity index (χ4n) is 4.14. The molecule has 0 bridgehead atoms. The van der Waals surface area contributed by atoms with E-state index in [9.17, 15) is 29.9 Å². The molecular weight excluding hydrogens is 544 g/mol. The molecule has 0 spiro atoms. The second kappa shape index (κ2) is 9.93. The number of ether oxygens (including phenoxy) is 1. The summed E-state index contributed by atoms with van der Waals surface area (Å²) in [7, 11) is 0. The number of alkyl carbamates (subject to hydrolysis) is 1. The number of carboxylic acid groups (broad SMARTS) is 1. The molecule has 1 atom stereocenters. The van der Waals surface area contributed by atoms with E-state index < -0.39 is 40.9 Å². The van der Waals surface area contributed by atoms with Crippen molar-refractivity contribution >= 4 is 45.3 Å². The smallest absolute Gasteiger partial charge is 0.407 e. The normalized spacial score (nSPS) is 13.0. The van der Waals surface area contributed by atoms with Crippen LogP contribution in [0, 0.1) is 10.1 Å². The fraction of sp³-hybridized carbons (Fsp3) is 0.167. The number of phenols is 1. The number of rotatable bonds is 7. The summed E-state index contributed by atoms with van der Waals surface area (Å²) in [5.41, 5.74) is 3.52. The van der Waals surface area contributed by atoms with Crippen LogP contribution in [0.5, 0.6) is 5.75 Å². The first kappa shape index (κ1) is 24.5. The predicted molar refractivity (Wildman–Crippen MR) is 131 cm³/mol. The number of aliphatic carboxylic acids is 1. The predicted octanol–water partition coefficient (Wildman–Crippen LogP) is 5.25. The van der Waals surface area contributed by atoms with Crippen LogP contribution in [-0.2, 0) is 16.0 Å². The van der Waals surface area contributed by atoms with Crippen molar-refractivity contribution in [3.8, 4) is 16.9 Å². The van der Waals surface area contributed by atoms with Crippen LogP contribution in [-0.4, -0.2) is 39.8 Å². The molecule has 0 aliphatic heterocycles. The number of nitrogens with zero attached hydrogens (tertiary/aromatic N) is 1. The molecule has 1 aliphatic carbocycles. The number of carbonyl (C=O) groups excluding carboxylic acids is 1. The first-order chi connectivity index (χ1) is 16.7. The maximum atomic E-state index is 12.5. The first-order valence-electron chi connectivity index (χ1n) is 10.4. The van der Waals surface area contributed by atoms with Gasteiger partial charge in [-0.05, 0) is 38.2 Å². The Hall–Kier alpha value is -3.63. The van der Waals surface area contributed by atoms with E-state index in [1.165, 1.54) is 0 Å². The molecule has 0 saturated heterocycles. The van der Waals surface area contributed by atoms with Crippen LogP contribution >= 0.6 is 27.5 Å². The Morgan fingerprint density at radius 2 is 1.71 bits per heavy atom. The van der Waals surface area contributed by atoms with Gasteiger partial charge >= 0.3 is 12.1 Å². The van der Waals surface area contributed by atoms with E-state index in [0.29, 0.717) is 0 Å². The standard InChI is InChI=1S/C24H18BrClN2O7/c25-20-19(28(33)34)10-12(22(29)21(20)26)9-18(23(30)31)27-24(32)35-11-17-15-7-3-1-5-13(15)14-6-2-4-8-16(14)17/h1-8,10,17-18,29H,9,11H2,(H,27,32)(H,30,31). The van der Waals surface area contributed by atoms with Gasteiger partial charge in [0.15, 0.2) is 0 Å². The van der Waals surface area contributed by atoms with Gasteiger partial charge in [0, 0.05) is 24.0 Å². The van der Waals surface area contributed by atoms with Crippen molar-refractivity contribution in [1.29, 1.82) is 0 Å². The van der Waals surface area contributed by atoms with E-state index in [1.807, 2.05) is 48.5 Å². The van der Waals surface area contributed by atoms with Gasteiger partial charge in [-0.3, -0.25) is 10.1 Å². The summed E-state index contributed by atoms with van der Waals surface area (Å²) in [4.78, 5) is 34.8. The van der Waals surface area contributed by atoms with Gasteiger partial charge in [0.05, 0.1) is 4.92 Å². The summed E-state index contributed by atoms with van der Waals surface area (Å²) in [5, 5.41) is 33.0. The van der Waals surface area contributed by atoms with Gasteiger partial charge in [-0.1, -0.05) is 60.1 Å². The minimum Gasteiger partial charge on any atom is -0.506 e. The van der Waals surface area contributed by atoms with Gasteiger partial charge in [0.2, 0.25) is 0 Å². The molecule has 0 saturated carbocycles. The summed E-state index contributed by atoms with van der Waals surface area (Å²) in [5.74, 6) is -2.15. The third kappa shape index (κ3) is 4.80. The maximum absolute atomic E-state index is 12.5. The minimum atomic E-state index is -1.53. The van der Waals surface area contributed by atoms with Gasteiger partial charge in [0.25, 0.3) is 5.69 Å². The number of amides is 1. The third-order valence-corrected chi connectivity index (χ3v) is 7.19. The Bertz CT molecular complexity index is 1300. The number of phenolic OH excluding ortho intramolecular Hbond substituents is 1. The van der Waals surface area contributed by atoms with Gasteiger partial charge in [-0.25, -0.2) is 9.59 Å². The Balaban J connectivity index is 1.49. The second-order valence-corrected chi connectivity index (χ2v) is 9.02. The van der Waals surface area contributed by atoms with Crippen LogP contribution < -0.4 is 5.32 Å². The van der Waals surface area contributed by atoms with E-state index in [4.69, 9.17) is 16.3 Å². The van der Waals surface area contributed by atoms with Gasteiger partial charge in [-0.15, -0.1) is 0 Å². The van der Waals surface area contributed by atoms with Crippen molar-refractivity contribution in [3.63, 3.8) is 0 Å². The number of fused-ring (bicyclic) bond motifs is 3. The summed E-state index contributed by atoms with van der Waals surface area (Å²) >= 11 is 8.88. The molecule has 180 valence electrons. The molecule has 0 heterocycles. The quantitative estimate of drug-likeness (QED) is 0.264. The summed E-state index contributed by atoms with van der Waals surface area (Å²) in [6, 6.07) is 15.0. The van der Waals surface area contributed by atoms with Crippen LogP contribution in [0.4, 0.5) is 10.5 Å². The highest BCUT2D eigenvalue weighted by Crippen LogP contribution is 2.44. The van der Waals surface area contributed by atoms with Crippen LogP contribution in [0.2, 0.25) is 5.02 Å². The molecule has 3 aromatic carbocycles. The van der Waals surface area contributed by atoms with Crippen molar-refractivity contribution in [2.75, 3.05) is 6.61 Å². The van der Waals surface area contributed by atoms with Gasteiger partial charge in [-0.2, -0.15) is 0 Å². The van der Waals surface area contributed by atoms with Crippen LogP contribution in [0.25, 0.3) is 11.1 Å².